The molecule has 0 bridgehead atoms. The Morgan fingerprint density at radius 2 is 2.15 bits per heavy atom. The first-order valence-electron chi connectivity index (χ1n) is 6.84. The number of halogens is 1. The fourth-order valence-corrected chi connectivity index (χ4v) is 5.28. The number of rotatable bonds is 2. The highest BCUT2D eigenvalue weighted by Crippen LogP contribution is 2.40. The van der Waals surface area contributed by atoms with Gasteiger partial charge in [0.25, 0.3) is 0 Å². The number of hydrogen-bond acceptors (Lipinski definition) is 4. The molecule has 4 nitrogen and oxygen atoms in total. The number of sulfone groups is 1. The van der Waals surface area contributed by atoms with Crippen molar-refractivity contribution in [3.05, 3.63) is 28.3 Å². The summed E-state index contributed by atoms with van der Waals surface area (Å²) in [6.45, 7) is 0.548. The number of ether oxygens (including phenoxy) is 1. The van der Waals surface area contributed by atoms with E-state index in [1.807, 2.05) is 6.07 Å². The van der Waals surface area contributed by atoms with E-state index >= 15 is 0 Å². The predicted molar refractivity (Wildman–Crippen MR) is 77.0 cm³/mol. The minimum absolute atomic E-state index is 0.151. The Hall–Kier alpha value is -0.780. The van der Waals surface area contributed by atoms with Crippen molar-refractivity contribution in [2.45, 2.75) is 37.0 Å². The molecule has 2 heterocycles. The second kappa shape index (κ2) is 5.20. The highest BCUT2D eigenvalue weighted by Gasteiger charge is 2.37. The molecule has 0 spiro atoms. The van der Waals surface area contributed by atoms with Crippen molar-refractivity contribution in [2.24, 2.45) is 0 Å². The van der Waals surface area contributed by atoms with Crippen molar-refractivity contribution >= 4 is 21.4 Å². The average molecular weight is 317 g/mol. The van der Waals surface area contributed by atoms with E-state index < -0.39 is 21.2 Å². The van der Waals surface area contributed by atoms with Crippen molar-refractivity contribution in [2.75, 3.05) is 12.4 Å². The van der Waals surface area contributed by atoms with Crippen LogP contribution in [0.5, 0.6) is 5.75 Å². The van der Waals surface area contributed by atoms with E-state index in [0.717, 1.165) is 18.4 Å². The van der Waals surface area contributed by atoms with E-state index in [9.17, 15) is 13.5 Å². The molecular weight excluding hydrogens is 300 g/mol. The van der Waals surface area contributed by atoms with Crippen LogP contribution in [0.3, 0.4) is 0 Å². The van der Waals surface area contributed by atoms with Crippen LogP contribution in [0.1, 0.15) is 36.5 Å². The molecule has 1 aromatic rings. The van der Waals surface area contributed by atoms with Gasteiger partial charge in [-0.2, -0.15) is 0 Å². The van der Waals surface area contributed by atoms with Crippen molar-refractivity contribution in [1.29, 1.82) is 0 Å². The lowest BCUT2D eigenvalue weighted by atomic mass is 9.99. The number of aliphatic hydroxyl groups is 1. The Balaban J connectivity index is 2.01. The molecule has 2 unspecified atom stereocenters. The lowest BCUT2D eigenvalue weighted by Crippen LogP contribution is -2.34. The summed E-state index contributed by atoms with van der Waals surface area (Å²) in [5, 5.41) is 10.3. The Morgan fingerprint density at radius 3 is 2.90 bits per heavy atom. The van der Waals surface area contributed by atoms with Gasteiger partial charge in [-0.15, -0.1) is 0 Å². The lowest BCUT2D eigenvalue weighted by molar-refractivity contribution is 0.160. The molecule has 0 radical (unpaired) electrons. The monoisotopic (exact) mass is 316 g/mol. The minimum atomic E-state index is -3.25. The van der Waals surface area contributed by atoms with Crippen molar-refractivity contribution in [1.82, 2.24) is 0 Å². The van der Waals surface area contributed by atoms with Gasteiger partial charge in [-0.1, -0.05) is 18.0 Å². The van der Waals surface area contributed by atoms with Gasteiger partial charge < -0.3 is 9.84 Å². The van der Waals surface area contributed by atoms with Gasteiger partial charge in [0.2, 0.25) is 0 Å². The molecule has 0 aliphatic carbocycles. The first-order valence-corrected chi connectivity index (χ1v) is 8.93. The minimum Gasteiger partial charge on any atom is -0.493 e. The lowest BCUT2D eigenvalue weighted by Gasteiger charge is -2.27. The molecule has 1 fully saturated rings. The van der Waals surface area contributed by atoms with Gasteiger partial charge in [-0.25, -0.2) is 8.42 Å². The molecule has 0 aromatic heterocycles. The SMILES string of the molecule is O=S1(=O)CCCCC1C(O)c1cc(Cl)cc2c1OCC2. The van der Waals surface area contributed by atoms with E-state index in [2.05, 4.69) is 0 Å². The Kier molecular flexibility index (Phi) is 3.69. The third-order valence-electron chi connectivity index (χ3n) is 4.08. The Labute approximate surface area is 123 Å². The molecule has 1 saturated heterocycles. The van der Waals surface area contributed by atoms with Crippen LogP contribution in [0, 0.1) is 0 Å². The van der Waals surface area contributed by atoms with Crippen molar-refractivity contribution in [3.63, 3.8) is 0 Å². The molecule has 0 saturated carbocycles. The highest BCUT2D eigenvalue weighted by atomic mass is 35.5. The molecule has 0 amide bonds. The molecule has 2 aliphatic rings. The maximum Gasteiger partial charge on any atom is 0.156 e. The summed E-state index contributed by atoms with van der Waals surface area (Å²) in [6.07, 6.45) is 1.67. The van der Waals surface area contributed by atoms with E-state index in [1.54, 1.807) is 6.07 Å². The van der Waals surface area contributed by atoms with Gasteiger partial charge in [-0.3, -0.25) is 0 Å². The summed E-state index contributed by atoms with van der Waals surface area (Å²) in [4.78, 5) is 0. The van der Waals surface area contributed by atoms with Gasteiger partial charge in [0.1, 0.15) is 5.75 Å². The molecule has 110 valence electrons. The number of fused-ring (bicyclic) bond motifs is 1. The molecule has 6 heteroatoms. The van der Waals surface area contributed by atoms with Crippen LogP contribution >= 0.6 is 11.6 Å². The van der Waals surface area contributed by atoms with Crippen LogP contribution in [-0.2, 0) is 16.3 Å². The van der Waals surface area contributed by atoms with Crippen LogP contribution < -0.4 is 4.74 Å². The summed E-state index contributed by atoms with van der Waals surface area (Å²) in [5.74, 6) is 0.765. The maximum absolute atomic E-state index is 12.1. The van der Waals surface area contributed by atoms with Crippen molar-refractivity contribution in [3.8, 4) is 5.75 Å². The van der Waals surface area contributed by atoms with Gasteiger partial charge >= 0.3 is 0 Å². The number of hydrogen-bond donors (Lipinski definition) is 1. The zero-order chi connectivity index (χ0) is 14.3. The summed E-state index contributed by atoms with van der Waals surface area (Å²) in [6, 6.07) is 3.44. The van der Waals surface area contributed by atoms with Crippen LogP contribution in [0.25, 0.3) is 0 Å². The summed E-state index contributed by atoms with van der Waals surface area (Å²) in [7, 11) is -3.25. The smallest absolute Gasteiger partial charge is 0.156 e. The van der Waals surface area contributed by atoms with E-state index in [1.165, 1.54) is 0 Å². The Morgan fingerprint density at radius 1 is 1.35 bits per heavy atom. The largest absolute Gasteiger partial charge is 0.493 e. The standard InChI is InChI=1S/C14H17ClO4S/c15-10-7-9-4-5-19-14(9)11(8-10)13(16)12-3-1-2-6-20(12,17)18/h7-8,12-13,16H,1-6H2. The number of aliphatic hydroxyl groups excluding tert-OH is 1. The van der Waals surface area contributed by atoms with E-state index in [4.69, 9.17) is 16.3 Å². The summed E-state index contributed by atoms with van der Waals surface area (Å²) in [5.41, 5.74) is 1.46. The molecule has 20 heavy (non-hydrogen) atoms. The second-order valence-electron chi connectivity index (χ2n) is 5.43. The fraction of sp³-hybridized carbons (Fsp3) is 0.571. The van der Waals surface area contributed by atoms with Crippen LogP contribution in [0.15, 0.2) is 12.1 Å². The molecule has 2 atom stereocenters. The van der Waals surface area contributed by atoms with Gasteiger partial charge in [-0.05, 0) is 30.5 Å². The molecule has 2 aliphatic heterocycles. The first-order chi connectivity index (χ1) is 9.49. The van der Waals surface area contributed by atoms with Crippen molar-refractivity contribution < 1.29 is 18.3 Å². The predicted octanol–water partition coefficient (Wildman–Crippen LogP) is 2.28. The second-order valence-corrected chi connectivity index (χ2v) is 8.20. The molecular formula is C14H17ClO4S. The molecule has 3 rings (SSSR count). The topological polar surface area (TPSA) is 63.6 Å². The summed E-state index contributed by atoms with van der Waals surface area (Å²) >= 11 is 6.07. The van der Waals surface area contributed by atoms with Gasteiger partial charge in [0, 0.05) is 17.0 Å². The fourth-order valence-electron chi connectivity index (χ4n) is 3.05. The maximum atomic E-state index is 12.1. The zero-order valence-corrected chi connectivity index (χ0v) is 12.6. The van der Waals surface area contributed by atoms with Crippen LogP contribution in [-0.4, -0.2) is 31.1 Å². The molecule has 1 aromatic carbocycles. The third-order valence-corrected chi connectivity index (χ3v) is 6.57. The van der Waals surface area contributed by atoms with Crippen LogP contribution in [0.4, 0.5) is 0 Å². The van der Waals surface area contributed by atoms with Gasteiger partial charge in [0.15, 0.2) is 9.84 Å². The van der Waals surface area contributed by atoms with E-state index in [-0.39, 0.29) is 5.75 Å². The summed E-state index contributed by atoms with van der Waals surface area (Å²) < 4.78 is 29.8. The van der Waals surface area contributed by atoms with Gasteiger partial charge in [0.05, 0.1) is 23.7 Å². The first kappa shape index (κ1) is 14.2. The quantitative estimate of drug-likeness (QED) is 0.909. The number of benzene rings is 1. The average Bonchev–Trinajstić information content (AvgIpc) is 2.84. The zero-order valence-electron chi connectivity index (χ0n) is 11.0. The Bertz CT molecular complexity index is 626. The normalized spacial score (nSPS) is 25.8. The van der Waals surface area contributed by atoms with E-state index in [0.29, 0.717) is 35.8 Å². The third kappa shape index (κ3) is 2.43. The molecule has 1 N–H and O–H groups in total. The van der Waals surface area contributed by atoms with Crippen LogP contribution in [0.2, 0.25) is 5.02 Å². The highest BCUT2D eigenvalue weighted by molar-refractivity contribution is 7.92.